The molecule has 0 radical (unpaired) electrons. The van der Waals surface area contributed by atoms with Gasteiger partial charge >= 0.3 is 0 Å². The molecule has 2 aromatic carbocycles. The van der Waals surface area contributed by atoms with Crippen molar-refractivity contribution in [1.29, 1.82) is 0 Å². The zero-order chi connectivity index (χ0) is 12.3. The second kappa shape index (κ2) is 4.98. The quantitative estimate of drug-likeness (QED) is 0.740. The van der Waals surface area contributed by atoms with Gasteiger partial charge in [0.1, 0.15) is 0 Å². The van der Waals surface area contributed by atoms with Crippen LogP contribution in [0.1, 0.15) is 21.5 Å². The fraction of sp³-hybridized carbons (Fsp3) is 0. The highest BCUT2D eigenvalue weighted by Gasteiger charge is 2.08. The van der Waals surface area contributed by atoms with Gasteiger partial charge in [-0.2, -0.15) is 0 Å². The molecule has 0 amide bonds. The van der Waals surface area contributed by atoms with Crippen LogP contribution in [0, 0.1) is 0 Å². The third kappa shape index (κ3) is 2.63. The minimum absolute atomic E-state index is 0.0114. The van der Waals surface area contributed by atoms with Crippen LogP contribution in [0.4, 0.5) is 0 Å². The van der Waals surface area contributed by atoms with E-state index in [1.807, 2.05) is 18.2 Å². The molecule has 0 atom stereocenters. The lowest BCUT2D eigenvalue weighted by molar-refractivity contribution is 0.103. The zero-order valence-corrected chi connectivity index (χ0v) is 9.95. The van der Waals surface area contributed by atoms with Crippen molar-refractivity contribution in [3.63, 3.8) is 0 Å². The molecule has 0 aliphatic heterocycles. The summed E-state index contributed by atoms with van der Waals surface area (Å²) < 4.78 is 0. The second-order valence-corrected chi connectivity index (χ2v) is 4.13. The van der Waals surface area contributed by atoms with Gasteiger partial charge < -0.3 is 0 Å². The van der Waals surface area contributed by atoms with Gasteiger partial charge in [-0.3, -0.25) is 4.79 Å². The standard InChI is InChI=1S/C15H11ClO/c1-11(16)12-7-9-14(10-8-12)15(17)13-5-3-2-4-6-13/h2-10H,1H2. The Hall–Kier alpha value is -1.86. The number of carbonyl (C=O) groups excluding carboxylic acids is 1. The lowest BCUT2D eigenvalue weighted by Crippen LogP contribution is -2.00. The molecule has 2 rings (SSSR count). The van der Waals surface area contributed by atoms with Gasteiger partial charge in [0.15, 0.2) is 5.78 Å². The van der Waals surface area contributed by atoms with Crippen molar-refractivity contribution in [3.8, 4) is 0 Å². The van der Waals surface area contributed by atoms with Crippen molar-refractivity contribution in [2.75, 3.05) is 0 Å². The van der Waals surface area contributed by atoms with Crippen LogP contribution in [-0.4, -0.2) is 5.78 Å². The summed E-state index contributed by atoms with van der Waals surface area (Å²) in [4.78, 5) is 12.1. The summed E-state index contributed by atoms with van der Waals surface area (Å²) in [6.45, 7) is 3.64. The number of hydrogen-bond acceptors (Lipinski definition) is 1. The summed E-state index contributed by atoms with van der Waals surface area (Å²) >= 11 is 5.77. The maximum atomic E-state index is 12.1. The second-order valence-electron chi connectivity index (χ2n) is 3.68. The first-order valence-corrected chi connectivity index (χ1v) is 5.61. The van der Waals surface area contributed by atoms with Crippen molar-refractivity contribution in [2.24, 2.45) is 0 Å². The minimum atomic E-state index is 0.0114. The average molecular weight is 243 g/mol. The third-order valence-corrected chi connectivity index (χ3v) is 2.71. The van der Waals surface area contributed by atoms with E-state index in [2.05, 4.69) is 6.58 Å². The molecule has 0 bridgehead atoms. The maximum absolute atomic E-state index is 12.1. The fourth-order valence-electron chi connectivity index (χ4n) is 1.56. The molecular weight excluding hydrogens is 232 g/mol. The number of rotatable bonds is 3. The topological polar surface area (TPSA) is 17.1 Å². The number of benzene rings is 2. The summed E-state index contributed by atoms with van der Waals surface area (Å²) in [6, 6.07) is 16.3. The Balaban J connectivity index is 2.30. The zero-order valence-electron chi connectivity index (χ0n) is 9.19. The SMILES string of the molecule is C=C(Cl)c1ccc(C(=O)c2ccccc2)cc1. The molecule has 0 saturated carbocycles. The highest BCUT2D eigenvalue weighted by Crippen LogP contribution is 2.18. The Kier molecular flexibility index (Phi) is 3.40. The Labute approximate surface area is 105 Å². The molecule has 0 aliphatic rings. The number of carbonyl (C=O) groups is 1. The third-order valence-electron chi connectivity index (χ3n) is 2.50. The Morgan fingerprint density at radius 2 is 1.29 bits per heavy atom. The van der Waals surface area contributed by atoms with Gasteiger partial charge in [0.05, 0.1) is 0 Å². The van der Waals surface area contributed by atoms with Gasteiger partial charge in [0.25, 0.3) is 0 Å². The van der Waals surface area contributed by atoms with Crippen molar-refractivity contribution >= 4 is 22.4 Å². The Bertz CT molecular complexity index is 541. The molecule has 0 spiro atoms. The van der Waals surface area contributed by atoms with Crippen LogP contribution in [0.15, 0.2) is 61.2 Å². The van der Waals surface area contributed by atoms with E-state index in [-0.39, 0.29) is 5.78 Å². The molecule has 2 heteroatoms. The van der Waals surface area contributed by atoms with Gasteiger partial charge in [0.2, 0.25) is 0 Å². The highest BCUT2D eigenvalue weighted by molar-refractivity contribution is 6.48. The molecule has 2 aromatic rings. The van der Waals surface area contributed by atoms with Gasteiger partial charge in [0, 0.05) is 16.2 Å². The van der Waals surface area contributed by atoms with Crippen molar-refractivity contribution in [1.82, 2.24) is 0 Å². The Morgan fingerprint density at radius 3 is 1.82 bits per heavy atom. The monoisotopic (exact) mass is 242 g/mol. The minimum Gasteiger partial charge on any atom is -0.289 e. The highest BCUT2D eigenvalue weighted by atomic mass is 35.5. The summed E-state index contributed by atoms with van der Waals surface area (Å²) in [5.74, 6) is 0.0114. The van der Waals surface area contributed by atoms with E-state index in [0.717, 1.165) is 5.56 Å². The first kappa shape index (κ1) is 11.6. The van der Waals surface area contributed by atoms with Crippen molar-refractivity contribution < 1.29 is 4.79 Å². The van der Waals surface area contributed by atoms with Crippen LogP contribution >= 0.6 is 11.6 Å². The molecule has 1 nitrogen and oxygen atoms in total. The predicted octanol–water partition coefficient (Wildman–Crippen LogP) is 4.13. The fourth-order valence-corrected chi connectivity index (χ4v) is 1.68. The molecule has 0 aromatic heterocycles. The van der Waals surface area contributed by atoms with Crippen LogP contribution in [0.2, 0.25) is 0 Å². The van der Waals surface area contributed by atoms with E-state index in [1.54, 1.807) is 36.4 Å². The molecule has 0 saturated heterocycles. The van der Waals surface area contributed by atoms with E-state index in [4.69, 9.17) is 11.6 Å². The summed E-state index contributed by atoms with van der Waals surface area (Å²) in [5, 5.41) is 0.476. The molecule has 0 aliphatic carbocycles. The predicted molar refractivity (Wildman–Crippen MR) is 71.2 cm³/mol. The molecule has 0 unspecified atom stereocenters. The van der Waals surface area contributed by atoms with E-state index < -0.39 is 0 Å². The smallest absolute Gasteiger partial charge is 0.193 e. The first-order chi connectivity index (χ1) is 8.18. The van der Waals surface area contributed by atoms with E-state index in [0.29, 0.717) is 16.2 Å². The van der Waals surface area contributed by atoms with E-state index in [1.165, 1.54) is 0 Å². The molecule has 84 valence electrons. The number of ketones is 1. The summed E-state index contributed by atoms with van der Waals surface area (Å²) in [5.41, 5.74) is 2.17. The Morgan fingerprint density at radius 1 is 0.824 bits per heavy atom. The number of halogens is 1. The van der Waals surface area contributed by atoms with E-state index >= 15 is 0 Å². The molecule has 0 heterocycles. The van der Waals surface area contributed by atoms with Gasteiger partial charge in [-0.1, -0.05) is 72.8 Å². The van der Waals surface area contributed by atoms with Crippen LogP contribution in [0.5, 0.6) is 0 Å². The van der Waals surface area contributed by atoms with Crippen LogP contribution in [0.25, 0.3) is 5.03 Å². The molecule has 0 fully saturated rings. The lowest BCUT2D eigenvalue weighted by atomic mass is 10.0. The largest absolute Gasteiger partial charge is 0.289 e. The van der Waals surface area contributed by atoms with Crippen LogP contribution in [0.3, 0.4) is 0 Å². The summed E-state index contributed by atoms with van der Waals surface area (Å²) in [6.07, 6.45) is 0. The van der Waals surface area contributed by atoms with Crippen molar-refractivity contribution in [2.45, 2.75) is 0 Å². The van der Waals surface area contributed by atoms with Crippen LogP contribution < -0.4 is 0 Å². The van der Waals surface area contributed by atoms with Crippen molar-refractivity contribution in [3.05, 3.63) is 77.9 Å². The van der Waals surface area contributed by atoms with Gasteiger partial charge in [-0.25, -0.2) is 0 Å². The van der Waals surface area contributed by atoms with Gasteiger partial charge in [-0.15, -0.1) is 0 Å². The lowest BCUT2D eigenvalue weighted by Gasteiger charge is -2.02. The number of hydrogen-bond donors (Lipinski definition) is 0. The molecule has 17 heavy (non-hydrogen) atoms. The van der Waals surface area contributed by atoms with Crippen LogP contribution in [-0.2, 0) is 0 Å². The maximum Gasteiger partial charge on any atom is 0.193 e. The van der Waals surface area contributed by atoms with Gasteiger partial charge in [-0.05, 0) is 5.56 Å². The van der Waals surface area contributed by atoms with E-state index in [9.17, 15) is 4.79 Å². The normalized spacial score (nSPS) is 9.94. The molecular formula is C15H11ClO. The molecule has 0 N–H and O–H groups in total. The average Bonchev–Trinajstić information content (AvgIpc) is 2.39. The first-order valence-electron chi connectivity index (χ1n) is 5.23. The summed E-state index contributed by atoms with van der Waals surface area (Å²) in [7, 11) is 0.